The zero-order chi connectivity index (χ0) is 25.5. The Balaban J connectivity index is 1.33. The fourth-order valence-electron chi connectivity index (χ4n) is 4.22. The largest absolute Gasteiger partial charge is 0.489 e. The van der Waals surface area contributed by atoms with Gasteiger partial charge in [-0.1, -0.05) is 35.3 Å². The van der Waals surface area contributed by atoms with Gasteiger partial charge in [0, 0.05) is 35.3 Å². The van der Waals surface area contributed by atoms with Crippen molar-refractivity contribution in [2.75, 3.05) is 38.5 Å². The Bertz CT molecular complexity index is 1200. The zero-order valence-electron chi connectivity index (χ0n) is 19.9. The first-order chi connectivity index (χ1) is 17.4. The number of nitrogen functional groups attached to an aromatic ring is 1. The van der Waals surface area contributed by atoms with Crippen LogP contribution >= 0.6 is 23.2 Å². The first kappa shape index (κ1) is 26.2. The highest BCUT2D eigenvalue weighted by molar-refractivity contribution is 6.36. The molecule has 0 atom stereocenters. The van der Waals surface area contributed by atoms with Crippen LogP contribution < -0.4 is 15.8 Å². The molecule has 1 fully saturated rings. The predicted octanol–water partition coefficient (Wildman–Crippen LogP) is 5.61. The molecule has 0 spiro atoms. The van der Waals surface area contributed by atoms with Crippen molar-refractivity contribution in [1.29, 1.82) is 0 Å². The molecule has 1 aliphatic rings. The molecule has 1 amide bonds. The van der Waals surface area contributed by atoms with Crippen LogP contribution in [-0.4, -0.2) is 48.6 Å². The molecule has 1 aliphatic heterocycles. The standard InChI is InChI=1S/C27H29Cl2FN4O2/c28-22-8-9-23(30)25(29)21(22)10-15-36-24-16-20(17-33-26(24)31)18-4-6-19(7-5-18)27(35)32-11-3-14-34-12-1-2-13-34/h4-9,16-17H,1-3,10-15H2,(H2,31,33)(H,32,35). The average molecular weight is 531 g/mol. The normalized spacial score (nSPS) is 13.6. The topological polar surface area (TPSA) is 80.5 Å². The Kier molecular flexibility index (Phi) is 9.02. The van der Waals surface area contributed by atoms with Crippen LogP contribution in [0.3, 0.4) is 0 Å². The van der Waals surface area contributed by atoms with Gasteiger partial charge in [-0.05, 0) is 80.4 Å². The second kappa shape index (κ2) is 12.4. The van der Waals surface area contributed by atoms with Crippen LogP contribution in [0.1, 0.15) is 35.2 Å². The number of ether oxygens (including phenoxy) is 1. The van der Waals surface area contributed by atoms with Gasteiger partial charge in [-0.3, -0.25) is 4.79 Å². The maximum Gasteiger partial charge on any atom is 0.251 e. The number of halogens is 3. The molecule has 0 aliphatic carbocycles. The monoisotopic (exact) mass is 530 g/mol. The lowest BCUT2D eigenvalue weighted by molar-refractivity contribution is 0.0952. The number of hydrogen-bond acceptors (Lipinski definition) is 5. The number of carbonyl (C=O) groups is 1. The second-order valence-corrected chi connectivity index (χ2v) is 9.55. The number of aromatic nitrogens is 1. The molecule has 3 aromatic rings. The van der Waals surface area contributed by atoms with Gasteiger partial charge in [0.25, 0.3) is 5.91 Å². The number of nitrogens with zero attached hydrogens (tertiary/aromatic N) is 2. The molecule has 9 heteroatoms. The molecule has 36 heavy (non-hydrogen) atoms. The van der Waals surface area contributed by atoms with Crippen LogP contribution in [0.25, 0.3) is 11.1 Å². The van der Waals surface area contributed by atoms with E-state index in [0.717, 1.165) is 37.2 Å². The number of nitrogens with two attached hydrogens (primary N) is 1. The van der Waals surface area contributed by atoms with Crippen molar-refractivity contribution in [2.24, 2.45) is 0 Å². The fraction of sp³-hybridized carbons (Fsp3) is 0.333. The summed E-state index contributed by atoms with van der Waals surface area (Å²) in [5, 5.41) is 3.35. The van der Waals surface area contributed by atoms with Gasteiger partial charge in [0.15, 0.2) is 11.6 Å². The molecule has 2 aromatic carbocycles. The highest BCUT2D eigenvalue weighted by Crippen LogP contribution is 2.30. The van der Waals surface area contributed by atoms with E-state index in [1.165, 1.54) is 25.0 Å². The predicted molar refractivity (Wildman–Crippen MR) is 142 cm³/mol. The van der Waals surface area contributed by atoms with Crippen LogP contribution in [0.4, 0.5) is 10.2 Å². The van der Waals surface area contributed by atoms with Crippen LogP contribution in [0.2, 0.25) is 10.0 Å². The molecule has 0 radical (unpaired) electrons. The van der Waals surface area contributed by atoms with Crippen LogP contribution in [0, 0.1) is 5.82 Å². The lowest BCUT2D eigenvalue weighted by Crippen LogP contribution is -2.28. The summed E-state index contributed by atoms with van der Waals surface area (Å²) >= 11 is 12.2. The maximum absolute atomic E-state index is 13.7. The Morgan fingerprint density at radius 3 is 2.61 bits per heavy atom. The summed E-state index contributed by atoms with van der Waals surface area (Å²) in [6.45, 7) is 4.20. The summed E-state index contributed by atoms with van der Waals surface area (Å²) in [5.74, 6) is 0.0200. The minimum absolute atomic E-state index is 0.0123. The van der Waals surface area contributed by atoms with Gasteiger partial charge in [0.1, 0.15) is 5.82 Å². The fourth-order valence-corrected chi connectivity index (χ4v) is 4.78. The molecule has 0 unspecified atom stereocenters. The van der Waals surface area contributed by atoms with Gasteiger partial charge in [0.2, 0.25) is 0 Å². The number of likely N-dealkylation sites (tertiary alicyclic amines) is 1. The molecule has 3 N–H and O–H groups in total. The van der Waals surface area contributed by atoms with E-state index in [4.69, 9.17) is 33.7 Å². The number of pyridine rings is 1. The summed E-state index contributed by atoms with van der Waals surface area (Å²) in [4.78, 5) is 19.1. The van der Waals surface area contributed by atoms with E-state index in [9.17, 15) is 9.18 Å². The highest BCUT2D eigenvalue weighted by atomic mass is 35.5. The third-order valence-electron chi connectivity index (χ3n) is 6.25. The third kappa shape index (κ3) is 6.66. The molecule has 1 saturated heterocycles. The van der Waals surface area contributed by atoms with E-state index >= 15 is 0 Å². The van der Waals surface area contributed by atoms with Crippen LogP contribution in [-0.2, 0) is 6.42 Å². The number of nitrogens with one attached hydrogen (secondary N) is 1. The molecule has 190 valence electrons. The Morgan fingerprint density at radius 1 is 1.11 bits per heavy atom. The Hall–Kier alpha value is -2.87. The number of carbonyl (C=O) groups excluding carboxylic acids is 1. The summed E-state index contributed by atoms with van der Waals surface area (Å²) in [7, 11) is 0. The smallest absolute Gasteiger partial charge is 0.251 e. The van der Waals surface area contributed by atoms with Gasteiger partial charge in [0.05, 0.1) is 11.6 Å². The van der Waals surface area contributed by atoms with E-state index in [1.54, 1.807) is 24.4 Å². The summed E-state index contributed by atoms with van der Waals surface area (Å²) in [5.41, 5.74) is 8.73. The van der Waals surface area contributed by atoms with Gasteiger partial charge < -0.3 is 20.7 Å². The van der Waals surface area contributed by atoms with Crippen molar-refractivity contribution in [3.63, 3.8) is 0 Å². The number of anilines is 1. The lowest BCUT2D eigenvalue weighted by atomic mass is 10.0. The number of amides is 1. The van der Waals surface area contributed by atoms with Crippen molar-refractivity contribution < 1.29 is 13.9 Å². The van der Waals surface area contributed by atoms with Crippen molar-refractivity contribution in [3.05, 3.63) is 75.7 Å². The quantitative estimate of drug-likeness (QED) is 0.263. The molecular weight excluding hydrogens is 502 g/mol. The molecular formula is C27H29Cl2FN4O2. The van der Waals surface area contributed by atoms with Crippen molar-refractivity contribution in [2.45, 2.75) is 25.7 Å². The van der Waals surface area contributed by atoms with Crippen molar-refractivity contribution in [1.82, 2.24) is 15.2 Å². The molecule has 1 aromatic heterocycles. The average Bonchev–Trinajstić information content (AvgIpc) is 3.41. The van der Waals surface area contributed by atoms with Crippen molar-refractivity contribution >= 4 is 34.9 Å². The van der Waals surface area contributed by atoms with Crippen LogP contribution in [0.5, 0.6) is 5.75 Å². The minimum atomic E-state index is -0.529. The van der Waals surface area contributed by atoms with Crippen molar-refractivity contribution in [3.8, 4) is 16.9 Å². The number of benzene rings is 2. The zero-order valence-corrected chi connectivity index (χ0v) is 21.4. The summed E-state index contributed by atoms with van der Waals surface area (Å²) in [6.07, 6.45) is 5.45. The van der Waals surface area contributed by atoms with E-state index in [0.29, 0.717) is 34.9 Å². The summed E-state index contributed by atoms with van der Waals surface area (Å²) in [6, 6.07) is 11.8. The van der Waals surface area contributed by atoms with E-state index < -0.39 is 5.82 Å². The summed E-state index contributed by atoms with van der Waals surface area (Å²) < 4.78 is 19.6. The van der Waals surface area contributed by atoms with Gasteiger partial charge in [-0.2, -0.15) is 0 Å². The number of hydrogen-bond donors (Lipinski definition) is 2. The molecule has 6 nitrogen and oxygen atoms in total. The molecule has 4 rings (SSSR count). The third-order valence-corrected chi connectivity index (χ3v) is 7.01. The van der Waals surface area contributed by atoms with E-state index in [1.807, 2.05) is 12.1 Å². The minimum Gasteiger partial charge on any atom is -0.489 e. The molecule has 0 saturated carbocycles. The first-order valence-electron chi connectivity index (χ1n) is 12.0. The number of rotatable bonds is 10. The van der Waals surface area contributed by atoms with E-state index in [-0.39, 0.29) is 23.4 Å². The first-order valence-corrected chi connectivity index (χ1v) is 12.8. The second-order valence-electron chi connectivity index (χ2n) is 8.76. The Morgan fingerprint density at radius 2 is 1.86 bits per heavy atom. The van der Waals surface area contributed by atoms with Gasteiger partial charge in [-0.15, -0.1) is 0 Å². The molecule has 0 bridgehead atoms. The van der Waals surface area contributed by atoms with Gasteiger partial charge in [-0.25, -0.2) is 9.37 Å². The SMILES string of the molecule is Nc1ncc(-c2ccc(C(=O)NCCCN3CCCC3)cc2)cc1OCCc1c(Cl)ccc(F)c1Cl. The molecule has 2 heterocycles. The van der Waals surface area contributed by atoms with Gasteiger partial charge >= 0.3 is 0 Å². The Labute approximate surface area is 220 Å². The lowest BCUT2D eigenvalue weighted by Gasteiger charge is -2.14. The van der Waals surface area contributed by atoms with Crippen LogP contribution in [0.15, 0.2) is 48.7 Å². The van der Waals surface area contributed by atoms with E-state index in [2.05, 4.69) is 15.2 Å². The maximum atomic E-state index is 13.7. The highest BCUT2D eigenvalue weighted by Gasteiger charge is 2.13.